The molecule has 2 heterocycles. The maximum atomic E-state index is 5.25. The number of amidine groups is 1. The van der Waals surface area contributed by atoms with E-state index in [1.807, 2.05) is 0 Å². The van der Waals surface area contributed by atoms with Gasteiger partial charge >= 0.3 is 0 Å². The fourth-order valence-electron chi connectivity index (χ4n) is 8.78. The number of benzene rings is 8. The van der Waals surface area contributed by atoms with Crippen molar-refractivity contribution in [2.45, 2.75) is 12.5 Å². The highest BCUT2D eigenvalue weighted by molar-refractivity contribution is 6.33. The Kier molecular flexibility index (Phi) is 6.75. The first-order chi connectivity index (χ1) is 26.3. The van der Waals surface area contributed by atoms with Gasteiger partial charge in [-0.1, -0.05) is 140 Å². The second-order valence-corrected chi connectivity index (χ2v) is 14.4. The summed E-state index contributed by atoms with van der Waals surface area (Å²) in [5.41, 5.74) is 9.49. The SMILES string of the molecule is C1=CC(C2C=C(c3ccccc3)N=C(c3ccc(-n4c5cc6ccccc6cc5c5c6ccccc6c6ccccc6c54)cc3)N2)Cc2ccccc21. The molecule has 53 heavy (non-hydrogen) atoms. The Balaban J connectivity index is 1.08. The van der Waals surface area contributed by atoms with Crippen molar-refractivity contribution in [2.75, 3.05) is 0 Å². The molecule has 0 amide bonds. The number of rotatable bonds is 4. The maximum Gasteiger partial charge on any atom is 0.134 e. The number of hydrogen-bond acceptors (Lipinski definition) is 2. The van der Waals surface area contributed by atoms with Crippen molar-refractivity contribution < 1.29 is 0 Å². The predicted molar refractivity (Wildman–Crippen MR) is 224 cm³/mol. The van der Waals surface area contributed by atoms with Crippen molar-refractivity contribution in [3.63, 3.8) is 0 Å². The molecule has 2 atom stereocenters. The maximum absolute atomic E-state index is 5.25. The molecule has 1 aromatic heterocycles. The predicted octanol–water partition coefficient (Wildman–Crippen LogP) is 11.9. The molecule has 3 nitrogen and oxygen atoms in total. The molecular formula is C50H35N3. The third-order valence-corrected chi connectivity index (χ3v) is 11.3. The van der Waals surface area contributed by atoms with Crippen molar-refractivity contribution in [1.82, 2.24) is 9.88 Å². The third-order valence-electron chi connectivity index (χ3n) is 11.3. The number of aromatic nitrogens is 1. The van der Waals surface area contributed by atoms with Crippen LogP contribution in [0.3, 0.4) is 0 Å². The molecule has 0 fully saturated rings. The van der Waals surface area contributed by atoms with Gasteiger partial charge in [0, 0.05) is 33.3 Å². The number of nitrogens with zero attached hydrogens (tertiary/aromatic N) is 2. The summed E-state index contributed by atoms with van der Waals surface area (Å²) in [7, 11) is 0. The second kappa shape index (κ2) is 11.9. The van der Waals surface area contributed by atoms with Crippen LogP contribution in [0.5, 0.6) is 0 Å². The van der Waals surface area contributed by atoms with Crippen molar-refractivity contribution in [3.05, 3.63) is 198 Å². The van der Waals surface area contributed by atoms with Gasteiger partial charge in [-0.15, -0.1) is 0 Å². The van der Waals surface area contributed by atoms with Gasteiger partial charge in [-0.25, -0.2) is 4.99 Å². The largest absolute Gasteiger partial charge is 0.363 e. The Bertz CT molecular complexity index is 3000. The van der Waals surface area contributed by atoms with Crippen molar-refractivity contribution >= 4 is 71.7 Å². The molecule has 0 saturated heterocycles. The quantitative estimate of drug-likeness (QED) is 0.185. The van der Waals surface area contributed by atoms with Crippen LogP contribution in [0.2, 0.25) is 0 Å². The van der Waals surface area contributed by atoms with Gasteiger partial charge in [0.05, 0.1) is 22.8 Å². The highest BCUT2D eigenvalue weighted by Crippen LogP contribution is 2.43. The molecule has 250 valence electrons. The first kappa shape index (κ1) is 30.0. The fourth-order valence-corrected chi connectivity index (χ4v) is 8.78. The van der Waals surface area contributed by atoms with Crippen molar-refractivity contribution in [3.8, 4) is 5.69 Å². The smallest absolute Gasteiger partial charge is 0.134 e. The lowest BCUT2D eigenvalue weighted by atomic mass is 9.84. The minimum Gasteiger partial charge on any atom is -0.363 e. The van der Waals surface area contributed by atoms with E-state index in [-0.39, 0.29) is 6.04 Å². The van der Waals surface area contributed by atoms with E-state index in [1.54, 1.807) is 0 Å². The average molecular weight is 678 g/mol. The van der Waals surface area contributed by atoms with Gasteiger partial charge in [-0.2, -0.15) is 0 Å². The van der Waals surface area contributed by atoms with E-state index in [0.29, 0.717) is 5.92 Å². The highest BCUT2D eigenvalue weighted by Gasteiger charge is 2.27. The van der Waals surface area contributed by atoms with Crippen LogP contribution < -0.4 is 5.32 Å². The number of nitrogens with one attached hydrogen (secondary N) is 1. The summed E-state index contributed by atoms with van der Waals surface area (Å²) in [5, 5.41) is 14.0. The van der Waals surface area contributed by atoms with Crippen LogP contribution in [0.4, 0.5) is 0 Å². The van der Waals surface area contributed by atoms with Gasteiger partial charge in [0.25, 0.3) is 0 Å². The summed E-state index contributed by atoms with van der Waals surface area (Å²) in [6.45, 7) is 0. The van der Waals surface area contributed by atoms with E-state index in [2.05, 4.69) is 192 Å². The Morgan fingerprint density at radius 3 is 2.04 bits per heavy atom. The van der Waals surface area contributed by atoms with E-state index in [4.69, 9.17) is 4.99 Å². The minimum absolute atomic E-state index is 0.104. The molecule has 11 rings (SSSR count). The molecule has 3 heteroatoms. The van der Waals surface area contributed by atoms with E-state index in [1.165, 1.54) is 65.3 Å². The lowest BCUT2D eigenvalue weighted by molar-refractivity contribution is 0.527. The summed E-state index contributed by atoms with van der Waals surface area (Å²) in [4.78, 5) is 5.25. The summed E-state index contributed by atoms with van der Waals surface area (Å²) >= 11 is 0. The number of fused-ring (bicyclic) bond motifs is 10. The monoisotopic (exact) mass is 677 g/mol. The molecule has 2 aliphatic rings. The zero-order valence-electron chi connectivity index (χ0n) is 29.1. The average Bonchev–Trinajstić information content (AvgIpc) is 3.57. The van der Waals surface area contributed by atoms with Crippen molar-refractivity contribution in [2.24, 2.45) is 10.9 Å². The zero-order valence-corrected chi connectivity index (χ0v) is 29.1. The van der Waals surface area contributed by atoms with E-state index >= 15 is 0 Å². The van der Waals surface area contributed by atoms with Crippen LogP contribution in [-0.2, 0) is 6.42 Å². The molecule has 1 aliphatic carbocycles. The van der Waals surface area contributed by atoms with Gasteiger partial charge in [0.1, 0.15) is 5.84 Å². The normalized spacial score (nSPS) is 16.9. The van der Waals surface area contributed by atoms with Crippen LogP contribution in [-0.4, -0.2) is 16.4 Å². The Hall–Kier alpha value is -6.71. The van der Waals surface area contributed by atoms with Crippen LogP contribution in [0, 0.1) is 5.92 Å². The van der Waals surface area contributed by atoms with Crippen LogP contribution in [0.25, 0.3) is 71.6 Å². The van der Waals surface area contributed by atoms with E-state index < -0.39 is 0 Å². The Morgan fingerprint density at radius 2 is 1.23 bits per heavy atom. The van der Waals surface area contributed by atoms with Gasteiger partial charge in [-0.3, -0.25) is 0 Å². The highest BCUT2D eigenvalue weighted by atomic mass is 15.1. The Morgan fingerprint density at radius 1 is 0.566 bits per heavy atom. The first-order valence-electron chi connectivity index (χ1n) is 18.5. The molecule has 9 aromatic rings. The molecule has 1 N–H and O–H groups in total. The first-order valence-corrected chi connectivity index (χ1v) is 18.5. The van der Waals surface area contributed by atoms with Gasteiger partial charge < -0.3 is 9.88 Å². The van der Waals surface area contributed by atoms with Gasteiger partial charge in [-0.05, 0) is 92.5 Å². The van der Waals surface area contributed by atoms with Crippen LogP contribution in [0.15, 0.2) is 181 Å². The van der Waals surface area contributed by atoms with E-state index in [0.717, 1.165) is 34.8 Å². The van der Waals surface area contributed by atoms with Crippen LogP contribution in [0.1, 0.15) is 22.3 Å². The summed E-state index contributed by atoms with van der Waals surface area (Å²) in [6, 6.07) is 59.6. The third kappa shape index (κ3) is 4.85. The molecule has 8 aromatic carbocycles. The van der Waals surface area contributed by atoms with Crippen molar-refractivity contribution in [1.29, 1.82) is 0 Å². The molecule has 0 spiro atoms. The summed E-state index contributed by atoms with van der Waals surface area (Å²) < 4.78 is 2.48. The fraction of sp³-hybridized carbons (Fsp3) is 0.0600. The van der Waals surface area contributed by atoms with Gasteiger partial charge in [0.15, 0.2) is 0 Å². The molecular weight excluding hydrogens is 643 g/mol. The number of aliphatic imine (C=N–C) groups is 1. The molecule has 2 unspecified atom stereocenters. The summed E-state index contributed by atoms with van der Waals surface area (Å²) in [5.74, 6) is 1.21. The zero-order chi connectivity index (χ0) is 34.9. The molecule has 0 radical (unpaired) electrons. The standard InChI is InChI=1S/C50H35N3/c1-2-13-33(14-3-1)45-31-46(38-23-22-32-12-4-5-15-35(32)28-38)52-50(51-45)34-24-26-39(27-25-34)53-47-30-37-17-7-6-16-36(37)29-44(47)48-42-20-10-8-18-40(42)41-19-9-11-21-43(41)49(48)53/h1-27,29-31,38,46H,28H2,(H,51,52). The second-order valence-electron chi connectivity index (χ2n) is 14.4. The topological polar surface area (TPSA) is 29.3 Å². The lowest BCUT2D eigenvalue weighted by Crippen LogP contribution is -2.42. The van der Waals surface area contributed by atoms with E-state index in [9.17, 15) is 0 Å². The molecule has 1 aliphatic heterocycles. The number of hydrogen-bond donors (Lipinski definition) is 1. The molecule has 0 bridgehead atoms. The lowest BCUT2D eigenvalue weighted by Gasteiger charge is -2.31. The van der Waals surface area contributed by atoms with Gasteiger partial charge in [0.2, 0.25) is 0 Å². The Labute approximate surface area is 307 Å². The van der Waals surface area contributed by atoms with Crippen LogP contribution >= 0.6 is 0 Å². The minimum atomic E-state index is 0.104. The molecule has 0 saturated carbocycles. The summed E-state index contributed by atoms with van der Waals surface area (Å²) in [6.07, 6.45) is 7.95.